The zero-order valence-corrected chi connectivity index (χ0v) is 25.6. The molecule has 2 heteroatoms. The molecule has 2 nitrogen and oxygen atoms in total. The fraction of sp³-hybridized carbons (Fsp3) is 0. The minimum Gasteiger partial charge on any atom is -0.309 e. The van der Waals surface area contributed by atoms with Crippen LogP contribution in [0.15, 0.2) is 170 Å². The monoisotopic (exact) mass is 596 g/mol. The molecule has 0 saturated carbocycles. The smallest absolute Gasteiger partial charge is 0.0795 e. The summed E-state index contributed by atoms with van der Waals surface area (Å²) in [5.74, 6) is 0. The summed E-state index contributed by atoms with van der Waals surface area (Å²) in [6, 6.07) is 61.2. The van der Waals surface area contributed by atoms with Crippen molar-refractivity contribution >= 4 is 32.6 Å². The van der Waals surface area contributed by atoms with E-state index in [1.807, 2.05) is 0 Å². The highest BCUT2D eigenvalue weighted by atomic mass is 15.0. The summed E-state index contributed by atoms with van der Waals surface area (Å²) >= 11 is 0. The molecule has 0 amide bonds. The molecule has 0 unspecified atom stereocenters. The molecule has 218 valence electrons. The minimum atomic E-state index is 0.987. The summed E-state index contributed by atoms with van der Waals surface area (Å²) < 4.78 is 2.39. The molecule has 47 heavy (non-hydrogen) atoms. The first-order valence-electron chi connectivity index (χ1n) is 16.2. The maximum absolute atomic E-state index is 5.67. The molecule has 0 atom stereocenters. The Hall–Kier alpha value is -6.25. The molecule has 10 rings (SSSR count). The SMILES string of the molecule is c1ccc(-c2nc(-c3cccc(-n4c5ccccc5c5ccccc54)c3)c(-c3ccccc3)c3c2-c2cccc4cccc-3c24)cc1. The second-order valence-electron chi connectivity index (χ2n) is 12.3. The number of pyridine rings is 1. The fourth-order valence-electron chi connectivity index (χ4n) is 7.77. The molecular weight excluding hydrogens is 569 g/mol. The van der Waals surface area contributed by atoms with Crippen LogP contribution in [0.4, 0.5) is 0 Å². The van der Waals surface area contributed by atoms with Crippen LogP contribution in [0.5, 0.6) is 0 Å². The van der Waals surface area contributed by atoms with E-state index in [0.717, 1.165) is 33.8 Å². The van der Waals surface area contributed by atoms with Gasteiger partial charge in [-0.25, -0.2) is 4.98 Å². The van der Waals surface area contributed by atoms with E-state index < -0.39 is 0 Å². The molecule has 0 fully saturated rings. The van der Waals surface area contributed by atoms with Gasteiger partial charge in [-0.15, -0.1) is 0 Å². The van der Waals surface area contributed by atoms with E-state index in [1.165, 1.54) is 60.4 Å². The van der Waals surface area contributed by atoms with E-state index in [4.69, 9.17) is 4.98 Å². The maximum atomic E-state index is 5.67. The van der Waals surface area contributed by atoms with Crippen molar-refractivity contribution in [2.75, 3.05) is 0 Å². The highest BCUT2D eigenvalue weighted by molar-refractivity contribution is 6.21. The Labute approximate surface area is 272 Å². The molecule has 9 aromatic rings. The first-order chi connectivity index (χ1) is 23.3. The van der Waals surface area contributed by atoms with Gasteiger partial charge in [0.1, 0.15) is 0 Å². The first-order valence-corrected chi connectivity index (χ1v) is 16.2. The van der Waals surface area contributed by atoms with Crippen molar-refractivity contribution in [2.24, 2.45) is 0 Å². The molecule has 1 aliphatic carbocycles. The Kier molecular flexibility index (Phi) is 5.61. The number of nitrogens with zero attached hydrogens (tertiary/aromatic N) is 2. The van der Waals surface area contributed by atoms with Crippen LogP contribution in [0.25, 0.3) is 94.2 Å². The summed E-state index contributed by atoms with van der Waals surface area (Å²) in [5, 5.41) is 5.07. The van der Waals surface area contributed by atoms with Gasteiger partial charge in [-0.3, -0.25) is 0 Å². The summed E-state index contributed by atoms with van der Waals surface area (Å²) in [6.45, 7) is 0. The van der Waals surface area contributed by atoms with Gasteiger partial charge in [0.25, 0.3) is 0 Å². The van der Waals surface area contributed by atoms with Crippen LogP contribution in [0.2, 0.25) is 0 Å². The van der Waals surface area contributed by atoms with Gasteiger partial charge in [-0.2, -0.15) is 0 Å². The van der Waals surface area contributed by atoms with Gasteiger partial charge >= 0.3 is 0 Å². The Morgan fingerprint density at radius 1 is 0.383 bits per heavy atom. The predicted molar refractivity (Wildman–Crippen MR) is 197 cm³/mol. The summed E-state index contributed by atoms with van der Waals surface area (Å²) in [5.41, 5.74) is 15.1. The zero-order valence-electron chi connectivity index (χ0n) is 25.6. The number of rotatable bonds is 4. The molecule has 0 spiro atoms. The van der Waals surface area contributed by atoms with Crippen LogP contribution >= 0.6 is 0 Å². The van der Waals surface area contributed by atoms with Crippen molar-refractivity contribution in [1.29, 1.82) is 0 Å². The van der Waals surface area contributed by atoms with E-state index in [2.05, 4.69) is 174 Å². The lowest BCUT2D eigenvalue weighted by atomic mass is 9.87. The Morgan fingerprint density at radius 3 is 1.60 bits per heavy atom. The zero-order chi connectivity index (χ0) is 30.9. The average molecular weight is 597 g/mol. The summed E-state index contributed by atoms with van der Waals surface area (Å²) in [6.07, 6.45) is 0. The van der Waals surface area contributed by atoms with Gasteiger partial charge in [-0.1, -0.05) is 146 Å². The van der Waals surface area contributed by atoms with Crippen LogP contribution in [-0.2, 0) is 0 Å². The third-order valence-electron chi connectivity index (χ3n) is 9.71. The number of hydrogen-bond acceptors (Lipinski definition) is 1. The van der Waals surface area contributed by atoms with Gasteiger partial charge in [0, 0.05) is 44.3 Å². The lowest BCUT2D eigenvalue weighted by Crippen LogP contribution is -2.00. The molecule has 1 aliphatic rings. The molecule has 0 aliphatic heterocycles. The predicted octanol–water partition coefficient (Wildman–Crippen LogP) is 12.0. The number of fused-ring (bicyclic) bond motifs is 6. The standard InChI is InChI=1S/C45H28N2/c1-3-14-30(15-4-1)41-42-36-24-12-18-29-19-13-25-37(40(29)36)43(42)44(31-16-5-2-6-17-31)46-45(41)32-20-11-21-33(28-32)47-38-26-9-7-22-34(38)35-23-8-10-27-39(35)47/h1-28H. The number of hydrogen-bond donors (Lipinski definition) is 0. The van der Waals surface area contributed by atoms with E-state index in [-0.39, 0.29) is 0 Å². The van der Waals surface area contributed by atoms with Crippen LogP contribution in [0.1, 0.15) is 0 Å². The van der Waals surface area contributed by atoms with Crippen molar-refractivity contribution in [1.82, 2.24) is 9.55 Å². The van der Waals surface area contributed by atoms with E-state index in [0.29, 0.717) is 0 Å². The van der Waals surface area contributed by atoms with Crippen LogP contribution < -0.4 is 0 Å². The van der Waals surface area contributed by atoms with Crippen LogP contribution in [0.3, 0.4) is 0 Å². The lowest BCUT2D eigenvalue weighted by molar-refractivity contribution is 1.18. The van der Waals surface area contributed by atoms with Gasteiger partial charge in [0.05, 0.1) is 22.4 Å². The van der Waals surface area contributed by atoms with E-state index >= 15 is 0 Å². The minimum absolute atomic E-state index is 0.987. The Bertz CT molecular complexity index is 2610. The van der Waals surface area contributed by atoms with Gasteiger partial charge < -0.3 is 4.57 Å². The third-order valence-corrected chi connectivity index (χ3v) is 9.71. The normalized spacial score (nSPS) is 11.8. The van der Waals surface area contributed by atoms with E-state index in [1.54, 1.807) is 0 Å². The summed E-state index contributed by atoms with van der Waals surface area (Å²) in [7, 11) is 0. The molecular formula is C45H28N2. The molecule has 2 aromatic heterocycles. The topological polar surface area (TPSA) is 17.8 Å². The quantitative estimate of drug-likeness (QED) is 0.198. The summed E-state index contributed by atoms with van der Waals surface area (Å²) in [4.78, 5) is 5.67. The number of para-hydroxylation sites is 2. The average Bonchev–Trinajstić information content (AvgIpc) is 3.66. The number of aromatic nitrogens is 2. The highest BCUT2D eigenvalue weighted by Gasteiger charge is 2.31. The molecule has 2 heterocycles. The Morgan fingerprint density at radius 2 is 0.915 bits per heavy atom. The molecule has 0 N–H and O–H groups in total. The fourth-order valence-corrected chi connectivity index (χ4v) is 7.77. The van der Waals surface area contributed by atoms with Gasteiger partial charge in [-0.05, 0) is 51.7 Å². The van der Waals surface area contributed by atoms with Crippen molar-refractivity contribution in [3.63, 3.8) is 0 Å². The van der Waals surface area contributed by atoms with Crippen LogP contribution in [0, 0.1) is 0 Å². The second-order valence-corrected chi connectivity index (χ2v) is 12.3. The molecule has 0 radical (unpaired) electrons. The molecule has 0 saturated heterocycles. The van der Waals surface area contributed by atoms with Gasteiger partial charge in [0.2, 0.25) is 0 Å². The lowest BCUT2D eigenvalue weighted by Gasteiger charge is -2.20. The van der Waals surface area contributed by atoms with Crippen molar-refractivity contribution in [3.8, 4) is 61.6 Å². The largest absolute Gasteiger partial charge is 0.309 e. The van der Waals surface area contributed by atoms with E-state index in [9.17, 15) is 0 Å². The van der Waals surface area contributed by atoms with Crippen molar-refractivity contribution < 1.29 is 0 Å². The molecule has 0 bridgehead atoms. The second kappa shape index (κ2) is 10.1. The van der Waals surface area contributed by atoms with Gasteiger partial charge in [0.15, 0.2) is 0 Å². The van der Waals surface area contributed by atoms with Crippen LogP contribution in [-0.4, -0.2) is 9.55 Å². The van der Waals surface area contributed by atoms with Crippen molar-refractivity contribution in [3.05, 3.63) is 170 Å². The van der Waals surface area contributed by atoms with Crippen molar-refractivity contribution in [2.45, 2.75) is 0 Å². The third kappa shape index (κ3) is 3.82. The molecule has 7 aromatic carbocycles. The highest BCUT2D eigenvalue weighted by Crippen LogP contribution is 2.56. The maximum Gasteiger partial charge on any atom is 0.0795 e. The number of benzene rings is 7. The Balaban J connectivity index is 1.33. The first kappa shape index (κ1) is 26.0.